The molecule has 0 aliphatic rings. The molecule has 5 nitrogen and oxygen atoms in total. The van der Waals surface area contributed by atoms with Gasteiger partial charge in [0.15, 0.2) is 5.69 Å². The summed E-state index contributed by atoms with van der Waals surface area (Å²) in [7, 11) is 1.46. The zero-order valence-corrected chi connectivity index (χ0v) is 9.68. The predicted octanol–water partition coefficient (Wildman–Crippen LogP) is 2.02. The van der Waals surface area contributed by atoms with E-state index in [1.165, 1.54) is 7.11 Å². The van der Waals surface area contributed by atoms with Gasteiger partial charge >= 0.3 is 6.18 Å². The van der Waals surface area contributed by atoms with Crippen molar-refractivity contribution >= 4 is 5.78 Å². The molecule has 0 spiro atoms. The summed E-state index contributed by atoms with van der Waals surface area (Å²) in [5.74, 6) is -1.52. The van der Waals surface area contributed by atoms with Gasteiger partial charge < -0.3 is 4.74 Å². The first kappa shape index (κ1) is 13.1. The molecule has 1 aromatic carbocycles. The van der Waals surface area contributed by atoms with Crippen LogP contribution >= 0.6 is 0 Å². The second-order valence-electron chi connectivity index (χ2n) is 3.58. The molecule has 0 atom stereocenters. The first-order valence-electron chi connectivity index (χ1n) is 5.10. The summed E-state index contributed by atoms with van der Waals surface area (Å²) in [5.41, 5.74) is -0.316. The van der Waals surface area contributed by atoms with Gasteiger partial charge in [-0.3, -0.25) is 4.79 Å². The van der Waals surface area contributed by atoms with Crippen LogP contribution in [0.3, 0.4) is 0 Å². The van der Waals surface area contributed by atoms with E-state index in [4.69, 9.17) is 4.74 Å². The van der Waals surface area contributed by atoms with Crippen LogP contribution in [0.15, 0.2) is 30.5 Å². The van der Waals surface area contributed by atoms with E-state index in [0.29, 0.717) is 11.4 Å². The minimum Gasteiger partial charge on any atom is -0.497 e. The van der Waals surface area contributed by atoms with Gasteiger partial charge in [0.05, 0.1) is 19.0 Å². The highest BCUT2D eigenvalue weighted by molar-refractivity contribution is 5.98. The third-order valence-corrected chi connectivity index (χ3v) is 2.30. The SMILES string of the molecule is COc1cccc(-n2cc(C(=O)C(F)(F)F)nn2)c1. The molecule has 2 rings (SSSR count). The molecule has 0 saturated heterocycles. The maximum Gasteiger partial charge on any atom is 0.456 e. The smallest absolute Gasteiger partial charge is 0.456 e. The lowest BCUT2D eigenvalue weighted by Gasteiger charge is -2.03. The Labute approximate surface area is 105 Å². The number of hydrogen-bond donors (Lipinski definition) is 0. The molecule has 0 radical (unpaired) electrons. The molecule has 0 bridgehead atoms. The Balaban J connectivity index is 2.33. The molecule has 8 heteroatoms. The zero-order chi connectivity index (χ0) is 14.0. The van der Waals surface area contributed by atoms with Gasteiger partial charge in [-0.05, 0) is 12.1 Å². The van der Waals surface area contributed by atoms with Crippen LogP contribution in [0.25, 0.3) is 5.69 Å². The lowest BCUT2D eigenvalue weighted by atomic mass is 10.3. The van der Waals surface area contributed by atoms with E-state index in [1.807, 2.05) is 0 Å². The van der Waals surface area contributed by atoms with E-state index in [1.54, 1.807) is 24.3 Å². The van der Waals surface area contributed by atoms with Crippen molar-refractivity contribution in [1.82, 2.24) is 15.0 Å². The van der Waals surface area contributed by atoms with E-state index in [-0.39, 0.29) is 0 Å². The van der Waals surface area contributed by atoms with Crippen molar-refractivity contribution in [2.75, 3.05) is 7.11 Å². The lowest BCUT2D eigenvalue weighted by molar-refractivity contribution is -0.0888. The predicted molar refractivity (Wildman–Crippen MR) is 58.3 cm³/mol. The lowest BCUT2D eigenvalue weighted by Crippen LogP contribution is -2.23. The Bertz CT molecular complexity index is 607. The van der Waals surface area contributed by atoms with Crippen LogP contribution in [-0.2, 0) is 0 Å². The fourth-order valence-electron chi connectivity index (χ4n) is 1.39. The van der Waals surface area contributed by atoms with Crippen molar-refractivity contribution in [3.8, 4) is 11.4 Å². The van der Waals surface area contributed by atoms with Crippen LogP contribution in [0.5, 0.6) is 5.75 Å². The second kappa shape index (κ2) is 4.71. The van der Waals surface area contributed by atoms with Crippen LogP contribution in [0.4, 0.5) is 13.2 Å². The number of rotatable bonds is 3. The molecule has 1 heterocycles. The summed E-state index contributed by atoms with van der Waals surface area (Å²) in [6.45, 7) is 0. The quantitative estimate of drug-likeness (QED) is 0.801. The number of Topliss-reactive ketones (excluding diaryl/α,β-unsaturated/α-hetero) is 1. The van der Waals surface area contributed by atoms with Gasteiger partial charge in [-0.2, -0.15) is 13.2 Å². The Morgan fingerprint density at radius 1 is 1.37 bits per heavy atom. The third-order valence-electron chi connectivity index (χ3n) is 2.30. The number of alkyl halides is 3. The Kier molecular flexibility index (Phi) is 3.24. The average Bonchev–Trinajstić information content (AvgIpc) is 2.86. The number of ketones is 1. The molecule has 0 fully saturated rings. The maximum absolute atomic E-state index is 12.2. The number of aromatic nitrogens is 3. The number of methoxy groups -OCH3 is 1. The number of carbonyl (C=O) groups is 1. The highest BCUT2D eigenvalue weighted by Crippen LogP contribution is 2.21. The fraction of sp³-hybridized carbons (Fsp3) is 0.182. The summed E-state index contributed by atoms with van der Waals surface area (Å²) in [5, 5.41) is 6.70. The average molecular weight is 271 g/mol. The van der Waals surface area contributed by atoms with E-state index in [0.717, 1.165) is 10.9 Å². The Hall–Kier alpha value is -2.38. The zero-order valence-electron chi connectivity index (χ0n) is 9.68. The molecular weight excluding hydrogens is 263 g/mol. The van der Waals surface area contributed by atoms with E-state index in [2.05, 4.69) is 10.3 Å². The molecule has 19 heavy (non-hydrogen) atoms. The van der Waals surface area contributed by atoms with Crippen LogP contribution in [0.1, 0.15) is 10.5 Å². The number of carbonyl (C=O) groups excluding carboxylic acids is 1. The van der Waals surface area contributed by atoms with Gasteiger partial charge in [-0.1, -0.05) is 11.3 Å². The van der Waals surface area contributed by atoms with Gasteiger partial charge in [-0.15, -0.1) is 5.10 Å². The van der Waals surface area contributed by atoms with Crippen molar-refractivity contribution in [2.45, 2.75) is 6.18 Å². The molecule has 0 aliphatic heterocycles. The van der Waals surface area contributed by atoms with Crippen LogP contribution < -0.4 is 4.74 Å². The number of hydrogen-bond acceptors (Lipinski definition) is 4. The van der Waals surface area contributed by atoms with Crippen LogP contribution in [0, 0.1) is 0 Å². The second-order valence-corrected chi connectivity index (χ2v) is 3.58. The molecule has 0 saturated carbocycles. The molecule has 100 valence electrons. The van der Waals surface area contributed by atoms with E-state index >= 15 is 0 Å². The van der Waals surface area contributed by atoms with Crippen molar-refractivity contribution in [3.63, 3.8) is 0 Å². The monoisotopic (exact) mass is 271 g/mol. The summed E-state index contributed by atoms with van der Waals surface area (Å²) in [4.78, 5) is 11.0. The van der Waals surface area contributed by atoms with Crippen LogP contribution in [0.2, 0.25) is 0 Å². The minimum absolute atomic E-state index is 0.438. The summed E-state index contributed by atoms with van der Waals surface area (Å²) in [6.07, 6.45) is -4.04. The number of ether oxygens (including phenoxy) is 1. The largest absolute Gasteiger partial charge is 0.497 e. The molecule has 2 aromatic rings. The van der Waals surface area contributed by atoms with Gasteiger partial charge in [0.1, 0.15) is 5.75 Å². The van der Waals surface area contributed by atoms with Gasteiger partial charge in [-0.25, -0.2) is 4.68 Å². The van der Waals surface area contributed by atoms with Crippen LogP contribution in [-0.4, -0.2) is 34.1 Å². The van der Waals surface area contributed by atoms with Crippen molar-refractivity contribution < 1.29 is 22.7 Å². The first-order valence-corrected chi connectivity index (χ1v) is 5.10. The van der Waals surface area contributed by atoms with Crippen molar-refractivity contribution in [3.05, 3.63) is 36.2 Å². The standard InChI is InChI=1S/C11H8F3N3O2/c1-19-8-4-2-3-7(5-8)17-6-9(15-16-17)10(18)11(12,13)14/h2-6H,1H3. The third kappa shape index (κ3) is 2.72. The molecule has 1 aromatic heterocycles. The van der Waals surface area contributed by atoms with E-state index in [9.17, 15) is 18.0 Å². The first-order chi connectivity index (χ1) is 8.91. The molecule has 0 N–H and O–H groups in total. The normalized spacial score (nSPS) is 11.4. The molecule has 0 unspecified atom stereocenters. The highest BCUT2D eigenvalue weighted by atomic mass is 19.4. The van der Waals surface area contributed by atoms with E-state index < -0.39 is 17.7 Å². The summed E-state index contributed by atoms with van der Waals surface area (Å²) >= 11 is 0. The van der Waals surface area contributed by atoms with Crippen molar-refractivity contribution in [2.24, 2.45) is 0 Å². The Morgan fingerprint density at radius 2 is 2.11 bits per heavy atom. The van der Waals surface area contributed by atoms with Gasteiger partial charge in [0.25, 0.3) is 5.78 Å². The minimum atomic E-state index is -4.96. The van der Waals surface area contributed by atoms with Gasteiger partial charge in [0, 0.05) is 6.07 Å². The summed E-state index contributed by atoms with van der Waals surface area (Å²) in [6, 6.07) is 6.46. The Morgan fingerprint density at radius 3 is 2.74 bits per heavy atom. The number of nitrogens with zero attached hydrogens (tertiary/aromatic N) is 3. The molecule has 0 amide bonds. The molecular formula is C11H8F3N3O2. The number of halogens is 3. The summed E-state index contributed by atoms with van der Waals surface area (Å²) < 4.78 is 42.7. The number of benzene rings is 1. The fourth-order valence-corrected chi connectivity index (χ4v) is 1.39. The highest BCUT2D eigenvalue weighted by Gasteiger charge is 2.41. The molecule has 0 aliphatic carbocycles. The topological polar surface area (TPSA) is 57.0 Å². The maximum atomic E-state index is 12.2. The van der Waals surface area contributed by atoms with Crippen molar-refractivity contribution in [1.29, 1.82) is 0 Å². The van der Waals surface area contributed by atoms with Gasteiger partial charge in [0.2, 0.25) is 0 Å².